The van der Waals surface area contributed by atoms with E-state index < -0.39 is 5.97 Å². The molecule has 4 heteroatoms. The number of nitrogens with one attached hydrogen (secondary N) is 1. The molecule has 0 aliphatic carbocycles. The van der Waals surface area contributed by atoms with Crippen molar-refractivity contribution in [2.24, 2.45) is 0 Å². The highest BCUT2D eigenvalue weighted by Crippen LogP contribution is 2.30. The van der Waals surface area contributed by atoms with E-state index in [1.807, 2.05) is 54.6 Å². The number of hydrogen-bond donors (Lipinski definition) is 1. The lowest BCUT2D eigenvalue weighted by Crippen LogP contribution is -2.28. The highest BCUT2D eigenvalue weighted by Gasteiger charge is 2.16. The van der Waals surface area contributed by atoms with Gasteiger partial charge in [0.15, 0.2) is 0 Å². The number of fused-ring (bicyclic) bond motifs is 2. The molecule has 4 aromatic carbocycles. The number of carbonyl (C=O) groups excluding carboxylic acids is 2. The summed E-state index contributed by atoms with van der Waals surface area (Å²) in [6.45, 7) is 0. The number of ether oxygens (including phenoxy) is 1. The summed E-state index contributed by atoms with van der Waals surface area (Å²) in [6, 6.07) is 26.8. The minimum atomic E-state index is -0.605. The van der Waals surface area contributed by atoms with Gasteiger partial charge in [-0.3, -0.25) is 4.79 Å². The number of amides is 1. The van der Waals surface area contributed by atoms with Gasteiger partial charge in [-0.15, -0.1) is 0 Å². The van der Waals surface area contributed by atoms with Gasteiger partial charge in [0, 0.05) is 5.56 Å². The van der Waals surface area contributed by atoms with E-state index in [0.29, 0.717) is 5.56 Å². The summed E-state index contributed by atoms with van der Waals surface area (Å²) in [6.07, 6.45) is 1.69. The Labute approximate surface area is 168 Å². The molecule has 0 atom stereocenters. The molecule has 4 rings (SSSR count). The maximum atomic E-state index is 12.6. The Kier molecular flexibility index (Phi) is 5.08. The molecule has 0 radical (unpaired) electrons. The van der Waals surface area contributed by atoms with Crippen LogP contribution in [0.3, 0.4) is 0 Å². The van der Waals surface area contributed by atoms with Crippen molar-refractivity contribution in [2.75, 3.05) is 7.11 Å². The van der Waals surface area contributed by atoms with Crippen LogP contribution in [0, 0.1) is 0 Å². The first-order valence-electron chi connectivity index (χ1n) is 9.24. The lowest BCUT2D eigenvalue weighted by atomic mass is 9.96. The van der Waals surface area contributed by atoms with E-state index in [4.69, 9.17) is 4.74 Å². The fraction of sp³-hybridized carbons (Fsp3) is 0.0400. The SMILES string of the molecule is COC(=O)/C(=C/c1c2ccccc2cc2ccccc12)NC(=O)c1ccccc1. The first-order valence-corrected chi connectivity index (χ1v) is 9.24. The van der Waals surface area contributed by atoms with Crippen LogP contribution in [0.2, 0.25) is 0 Å². The lowest BCUT2D eigenvalue weighted by molar-refractivity contribution is -0.136. The summed E-state index contributed by atoms with van der Waals surface area (Å²) < 4.78 is 4.92. The maximum Gasteiger partial charge on any atom is 0.354 e. The normalized spacial score (nSPS) is 11.4. The summed E-state index contributed by atoms with van der Waals surface area (Å²) in [5.41, 5.74) is 1.40. The average molecular weight is 381 g/mol. The topological polar surface area (TPSA) is 55.4 Å². The lowest BCUT2D eigenvalue weighted by Gasteiger charge is -2.12. The van der Waals surface area contributed by atoms with Crippen LogP contribution >= 0.6 is 0 Å². The zero-order valence-corrected chi connectivity index (χ0v) is 15.9. The second kappa shape index (κ2) is 7.98. The molecule has 0 saturated heterocycles. The third kappa shape index (κ3) is 3.73. The summed E-state index contributed by atoms with van der Waals surface area (Å²) >= 11 is 0. The van der Waals surface area contributed by atoms with Gasteiger partial charge in [0.1, 0.15) is 5.70 Å². The van der Waals surface area contributed by atoms with Crippen LogP contribution in [0.1, 0.15) is 15.9 Å². The molecule has 0 unspecified atom stereocenters. The molecule has 0 saturated carbocycles. The molecule has 4 aromatic rings. The van der Waals surface area contributed by atoms with Crippen molar-refractivity contribution < 1.29 is 14.3 Å². The van der Waals surface area contributed by atoms with Gasteiger partial charge in [-0.25, -0.2) is 4.79 Å². The maximum absolute atomic E-state index is 12.6. The van der Waals surface area contributed by atoms with Gasteiger partial charge in [-0.05, 0) is 51.4 Å². The van der Waals surface area contributed by atoms with E-state index in [1.54, 1.807) is 30.3 Å². The van der Waals surface area contributed by atoms with Crippen LogP contribution in [0.15, 0.2) is 90.6 Å². The first kappa shape index (κ1) is 18.4. The van der Waals surface area contributed by atoms with Crippen LogP contribution in [-0.4, -0.2) is 19.0 Å². The van der Waals surface area contributed by atoms with E-state index in [0.717, 1.165) is 27.1 Å². The summed E-state index contributed by atoms with van der Waals surface area (Å²) in [4.78, 5) is 25.1. The minimum absolute atomic E-state index is 0.0860. The third-order valence-electron chi connectivity index (χ3n) is 4.79. The molecule has 1 amide bonds. The molecule has 142 valence electrons. The Morgan fingerprint density at radius 3 is 1.93 bits per heavy atom. The van der Waals surface area contributed by atoms with E-state index in [9.17, 15) is 9.59 Å². The molecule has 0 heterocycles. The number of hydrogen-bond acceptors (Lipinski definition) is 3. The van der Waals surface area contributed by atoms with Crippen LogP contribution in [0.5, 0.6) is 0 Å². The summed E-state index contributed by atoms with van der Waals surface area (Å²) in [5, 5.41) is 6.79. The second-order valence-electron chi connectivity index (χ2n) is 6.60. The Morgan fingerprint density at radius 2 is 1.34 bits per heavy atom. The molecule has 0 bridgehead atoms. The molecule has 4 nitrogen and oxygen atoms in total. The van der Waals surface area contributed by atoms with Gasteiger partial charge in [-0.2, -0.15) is 0 Å². The third-order valence-corrected chi connectivity index (χ3v) is 4.79. The van der Waals surface area contributed by atoms with Crippen molar-refractivity contribution in [1.29, 1.82) is 0 Å². The summed E-state index contributed by atoms with van der Waals surface area (Å²) in [5.74, 6) is -0.974. The predicted molar refractivity (Wildman–Crippen MR) is 115 cm³/mol. The van der Waals surface area contributed by atoms with E-state index in [-0.39, 0.29) is 11.6 Å². The van der Waals surface area contributed by atoms with Crippen LogP contribution < -0.4 is 5.32 Å². The highest BCUT2D eigenvalue weighted by atomic mass is 16.5. The van der Waals surface area contributed by atoms with Crippen molar-refractivity contribution in [3.8, 4) is 0 Å². The molecule has 0 aliphatic rings. The number of rotatable bonds is 4. The highest BCUT2D eigenvalue weighted by molar-refractivity contribution is 6.10. The zero-order valence-electron chi connectivity index (χ0n) is 15.9. The fourth-order valence-corrected chi connectivity index (χ4v) is 3.39. The standard InChI is InChI=1S/C25H19NO3/c1-29-25(28)23(26-24(27)17-9-3-2-4-10-17)16-22-20-13-7-5-11-18(20)15-19-12-6-8-14-21(19)22/h2-16H,1H3,(H,26,27)/b23-16-. The molecule has 0 aromatic heterocycles. The Balaban J connectivity index is 1.88. The monoisotopic (exact) mass is 381 g/mol. The van der Waals surface area contributed by atoms with E-state index in [2.05, 4.69) is 11.4 Å². The van der Waals surface area contributed by atoms with Crippen molar-refractivity contribution >= 4 is 39.5 Å². The quantitative estimate of drug-likeness (QED) is 0.310. The smallest absolute Gasteiger partial charge is 0.354 e. The second-order valence-corrected chi connectivity index (χ2v) is 6.60. The molecule has 0 fully saturated rings. The van der Waals surface area contributed by atoms with Gasteiger partial charge >= 0.3 is 5.97 Å². The number of benzene rings is 4. The average Bonchev–Trinajstić information content (AvgIpc) is 2.78. The van der Waals surface area contributed by atoms with E-state index in [1.165, 1.54) is 7.11 Å². The fourth-order valence-electron chi connectivity index (χ4n) is 3.39. The van der Waals surface area contributed by atoms with Gasteiger partial charge in [0.2, 0.25) is 0 Å². The molecular weight excluding hydrogens is 362 g/mol. The van der Waals surface area contributed by atoms with Crippen LogP contribution in [-0.2, 0) is 9.53 Å². The van der Waals surface area contributed by atoms with Crippen molar-refractivity contribution in [3.05, 3.63) is 102 Å². The van der Waals surface area contributed by atoms with Gasteiger partial charge < -0.3 is 10.1 Å². The first-order chi connectivity index (χ1) is 14.2. The van der Waals surface area contributed by atoms with Crippen molar-refractivity contribution in [3.63, 3.8) is 0 Å². The van der Waals surface area contributed by atoms with Gasteiger partial charge in [-0.1, -0.05) is 66.7 Å². The molecule has 0 spiro atoms. The number of carbonyl (C=O) groups is 2. The molecule has 29 heavy (non-hydrogen) atoms. The van der Waals surface area contributed by atoms with Gasteiger partial charge in [0.25, 0.3) is 5.91 Å². The predicted octanol–water partition coefficient (Wildman–Crippen LogP) is 4.94. The Morgan fingerprint density at radius 1 is 0.793 bits per heavy atom. The molecule has 1 N–H and O–H groups in total. The largest absolute Gasteiger partial charge is 0.464 e. The van der Waals surface area contributed by atoms with Crippen molar-refractivity contribution in [2.45, 2.75) is 0 Å². The molecule has 0 aliphatic heterocycles. The van der Waals surface area contributed by atoms with Gasteiger partial charge in [0.05, 0.1) is 7.11 Å². The number of methoxy groups -OCH3 is 1. The Hall–Kier alpha value is -3.92. The zero-order chi connectivity index (χ0) is 20.2. The summed E-state index contributed by atoms with van der Waals surface area (Å²) in [7, 11) is 1.30. The van der Waals surface area contributed by atoms with Crippen LogP contribution in [0.4, 0.5) is 0 Å². The minimum Gasteiger partial charge on any atom is -0.464 e. The van der Waals surface area contributed by atoms with E-state index >= 15 is 0 Å². The number of esters is 1. The molecular formula is C25H19NO3. The Bertz CT molecular complexity index is 1190. The van der Waals surface area contributed by atoms with Crippen molar-refractivity contribution in [1.82, 2.24) is 5.32 Å². The van der Waals surface area contributed by atoms with Crippen LogP contribution in [0.25, 0.3) is 27.6 Å².